The van der Waals surface area contributed by atoms with Gasteiger partial charge in [0.25, 0.3) is 5.56 Å². The van der Waals surface area contributed by atoms with Gasteiger partial charge in [-0.25, -0.2) is 9.97 Å². The molecule has 1 unspecified atom stereocenters. The van der Waals surface area contributed by atoms with Crippen molar-refractivity contribution in [3.63, 3.8) is 0 Å². The molecule has 9 nitrogen and oxygen atoms in total. The molecule has 4 atom stereocenters. The van der Waals surface area contributed by atoms with Crippen molar-refractivity contribution in [1.29, 1.82) is 0 Å². The van der Waals surface area contributed by atoms with Crippen LogP contribution >= 0.6 is 0 Å². The van der Waals surface area contributed by atoms with Crippen molar-refractivity contribution in [3.05, 3.63) is 23.0 Å². The van der Waals surface area contributed by atoms with Crippen LogP contribution < -0.4 is 5.56 Å². The average molecular weight is 282 g/mol. The molecule has 0 bridgehead atoms. The summed E-state index contributed by atoms with van der Waals surface area (Å²) in [5.41, 5.74) is 0.138. The van der Waals surface area contributed by atoms with Crippen molar-refractivity contribution in [1.82, 2.24) is 19.5 Å². The molecule has 1 aliphatic rings. The topological polar surface area (TPSA) is 122 Å². The zero-order chi connectivity index (χ0) is 14.3. The summed E-state index contributed by atoms with van der Waals surface area (Å²) in [6, 6.07) is 0. The van der Waals surface area contributed by atoms with Gasteiger partial charge in [0, 0.05) is 7.11 Å². The summed E-state index contributed by atoms with van der Waals surface area (Å²) in [5, 5.41) is 19.2. The maximum atomic E-state index is 11.6. The number of ether oxygens (including phenoxy) is 2. The van der Waals surface area contributed by atoms with Crippen LogP contribution in [0.15, 0.2) is 17.4 Å². The van der Waals surface area contributed by atoms with Crippen molar-refractivity contribution < 1.29 is 19.7 Å². The fourth-order valence-electron chi connectivity index (χ4n) is 2.40. The molecule has 0 saturated carbocycles. The van der Waals surface area contributed by atoms with E-state index >= 15 is 0 Å². The molecule has 0 aliphatic carbocycles. The van der Waals surface area contributed by atoms with Crippen LogP contribution in [0, 0.1) is 0 Å². The lowest BCUT2D eigenvalue weighted by Crippen LogP contribution is -2.34. The quantitative estimate of drug-likeness (QED) is 0.618. The Bertz CT molecular complexity index is 668. The third kappa shape index (κ3) is 1.83. The number of aliphatic hydroxyl groups excluding tert-OH is 2. The molecule has 20 heavy (non-hydrogen) atoms. The summed E-state index contributed by atoms with van der Waals surface area (Å²) in [6.07, 6.45) is -0.480. The van der Waals surface area contributed by atoms with E-state index < -0.39 is 24.5 Å². The second-order valence-electron chi connectivity index (χ2n) is 4.49. The Kier molecular flexibility index (Phi) is 3.26. The van der Waals surface area contributed by atoms with Gasteiger partial charge in [-0.1, -0.05) is 0 Å². The Morgan fingerprint density at radius 1 is 1.55 bits per heavy atom. The first-order valence-electron chi connectivity index (χ1n) is 6.04. The molecule has 3 heterocycles. The molecular weight excluding hydrogens is 268 g/mol. The van der Waals surface area contributed by atoms with Gasteiger partial charge < -0.3 is 24.7 Å². The molecule has 1 aliphatic heterocycles. The molecule has 0 radical (unpaired) electrons. The minimum absolute atomic E-state index is 0.174. The SMILES string of the molecule is COC1[C@@H](O)[C@@H](CO)O[C@H]1n1cnc2c(=O)[nH]cnc21. The van der Waals surface area contributed by atoms with Crippen molar-refractivity contribution in [2.45, 2.75) is 24.5 Å². The van der Waals surface area contributed by atoms with Crippen molar-refractivity contribution in [3.8, 4) is 0 Å². The minimum atomic E-state index is -0.977. The number of nitrogens with one attached hydrogen (secondary N) is 1. The van der Waals surface area contributed by atoms with Gasteiger partial charge in [-0.2, -0.15) is 0 Å². The standard InChI is InChI=1S/C11H14N4O5/c1-19-8-7(17)5(2-16)20-11(8)15-4-14-6-9(15)12-3-13-10(6)18/h3-5,7-8,11,16-17H,2H2,1H3,(H,12,13,18)/t5-,7+,8?,11-/m1/s1. The zero-order valence-electron chi connectivity index (χ0n) is 10.6. The first-order valence-corrected chi connectivity index (χ1v) is 6.04. The molecule has 0 spiro atoms. The monoisotopic (exact) mass is 282 g/mol. The predicted octanol–water partition coefficient (Wildman–Crippen LogP) is -1.61. The number of hydrogen-bond donors (Lipinski definition) is 3. The highest BCUT2D eigenvalue weighted by molar-refractivity contribution is 5.68. The van der Waals surface area contributed by atoms with E-state index in [9.17, 15) is 15.0 Å². The summed E-state index contributed by atoms with van der Waals surface area (Å²) in [6.45, 7) is -0.335. The molecule has 2 aromatic heterocycles. The van der Waals surface area contributed by atoms with Gasteiger partial charge in [-0.15, -0.1) is 0 Å². The van der Waals surface area contributed by atoms with Gasteiger partial charge in [-0.3, -0.25) is 9.36 Å². The summed E-state index contributed by atoms with van der Waals surface area (Å²) in [4.78, 5) is 22.1. The first-order chi connectivity index (χ1) is 9.67. The molecule has 1 saturated heterocycles. The Hall–Kier alpha value is -1.81. The van der Waals surface area contributed by atoms with Gasteiger partial charge in [0.15, 0.2) is 17.4 Å². The van der Waals surface area contributed by atoms with Crippen molar-refractivity contribution in [2.24, 2.45) is 0 Å². The lowest BCUT2D eigenvalue weighted by atomic mass is 10.1. The largest absolute Gasteiger partial charge is 0.394 e. The average Bonchev–Trinajstić information content (AvgIpc) is 3.00. The number of H-pyrrole nitrogens is 1. The van der Waals surface area contributed by atoms with E-state index in [2.05, 4.69) is 15.0 Å². The van der Waals surface area contributed by atoms with E-state index in [-0.39, 0.29) is 17.7 Å². The number of methoxy groups -OCH3 is 1. The third-order valence-corrected chi connectivity index (χ3v) is 3.40. The van der Waals surface area contributed by atoms with Gasteiger partial charge in [-0.05, 0) is 0 Å². The van der Waals surface area contributed by atoms with E-state index in [1.165, 1.54) is 24.3 Å². The maximum Gasteiger partial charge on any atom is 0.278 e. The number of hydrogen-bond acceptors (Lipinski definition) is 7. The smallest absolute Gasteiger partial charge is 0.278 e. The molecule has 9 heteroatoms. The Morgan fingerprint density at radius 3 is 3.05 bits per heavy atom. The van der Waals surface area contributed by atoms with E-state index in [0.29, 0.717) is 5.65 Å². The summed E-state index contributed by atoms with van der Waals surface area (Å²) < 4.78 is 12.3. The zero-order valence-corrected chi connectivity index (χ0v) is 10.6. The number of aromatic amines is 1. The van der Waals surface area contributed by atoms with Crippen LogP contribution in [0.5, 0.6) is 0 Å². The third-order valence-electron chi connectivity index (χ3n) is 3.40. The second-order valence-corrected chi connectivity index (χ2v) is 4.49. The summed E-state index contributed by atoms with van der Waals surface area (Å²) >= 11 is 0. The van der Waals surface area contributed by atoms with Crippen LogP contribution in [0.4, 0.5) is 0 Å². The predicted molar refractivity (Wildman–Crippen MR) is 65.9 cm³/mol. The number of fused-ring (bicyclic) bond motifs is 1. The summed E-state index contributed by atoms with van der Waals surface area (Å²) in [5.74, 6) is 0. The van der Waals surface area contributed by atoms with Crippen molar-refractivity contribution in [2.75, 3.05) is 13.7 Å². The fourth-order valence-corrected chi connectivity index (χ4v) is 2.40. The molecule has 1 fully saturated rings. The van der Waals surface area contributed by atoms with Crippen molar-refractivity contribution >= 4 is 11.2 Å². The van der Waals surface area contributed by atoms with Gasteiger partial charge >= 0.3 is 0 Å². The van der Waals surface area contributed by atoms with E-state index in [1.807, 2.05) is 0 Å². The van der Waals surface area contributed by atoms with Gasteiger partial charge in [0.2, 0.25) is 0 Å². The highest BCUT2D eigenvalue weighted by Crippen LogP contribution is 2.32. The molecular formula is C11H14N4O5. The molecule has 108 valence electrons. The number of aromatic nitrogens is 4. The normalized spacial score (nSPS) is 30.1. The number of rotatable bonds is 3. The number of imidazole rings is 1. The highest BCUT2D eigenvalue weighted by Gasteiger charge is 2.45. The summed E-state index contributed by atoms with van der Waals surface area (Å²) in [7, 11) is 1.43. The number of nitrogens with zero attached hydrogens (tertiary/aromatic N) is 3. The molecule has 3 rings (SSSR count). The van der Waals surface area contributed by atoms with Gasteiger partial charge in [0.05, 0.1) is 19.3 Å². The van der Waals surface area contributed by atoms with Crippen LogP contribution in [0.2, 0.25) is 0 Å². The lowest BCUT2D eigenvalue weighted by molar-refractivity contribution is -0.0583. The highest BCUT2D eigenvalue weighted by atomic mass is 16.6. The molecule has 0 amide bonds. The number of aliphatic hydroxyl groups is 2. The Labute approximate surface area is 112 Å². The first kappa shape index (κ1) is 13.2. The van der Waals surface area contributed by atoms with Crippen LogP contribution in [-0.2, 0) is 9.47 Å². The minimum Gasteiger partial charge on any atom is -0.394 e. The Balaban J connectivity index is 2.06. The van der Waals surface area contributed by atoms with E-state index in [1.54, 1.807) is 0 Å². The van der Waals surface area contributed by atoms with E-state index in [0.717, 1.165) is 0 Å². The van der Waals surface area contributed by atoms with Gasteiger partial charge in [0.1, 0.15) is 18.3 Å². The molecule has 0 aromatic carbocycles. The fraction of sp³-hybridized carbons (Fsp3) is 0.545. The van der Waals surface area contributed by atoms with Crippen LogP contribution in [0.1, 0.15) is 6.23 Å². The van der Waals surface area contributed by atoms with Crippen LogP contribution in [0.25, 0.3) is 11.2 Å². The molecule has 3 N–H and O–H groups in total. The maximum absolute atomic E-state index is 11.6. The van der Waals surface area contributed by atoms with Crippen LogP contribution in [0.3, 0.4) is 0 Å². The van der Waals surface area contributed by atoms with Crippen LogP contribution in [-0.4, -0.2) is 61.8 Å². The lowest BCUT2D eigenvalue weighted by Gasteiger charge is -2.19. The Morgan fingerprint density at radius 2 is 2.35 bits per heavy atom. The van der Waals surface area contributed by atoms with E-state index in [4.69, 9.17) is 9.47 Å². The second kappa shape index (κ2) is 4.94. The molecule has 2 aromatic rings.